The van der Waals surface area contributed by atoms with Crippen LogP contribution in [-0.2, 0) is 4.74 Å². The van der Waals surface area contributed by atoms with Crippen LogP contribution >= 0.6 is 0 Å². The molecule has 0 spiro atoms. The summed E-state index contributed by atoms with van der Waals surface area (Å²) in [5.74, 6) is 0.645. The van der Waals surface area contributed by atoms with Crippen LogP contribution in [0.3, 0.4) is 0 Å². The van der Waals surface area contributed by atoms with E-state index in [-0.39, 0.29) is 0 Å². The zero-order valence-electron chi connectivity index (χ0n) is 11.5. The number of allylic oxidation sites excluding steroid dienone is 4. The van der Waals surface area contributed by atoms with Crippen molar-refractivity contribution in [2.75, 3.05) is 13.2 Å². The van der Waals surface area contributed by atoms with Gasteiger partial charge in [0.2, 0.25) is 0 Å². The van der Waals surface area contributed by atoms with Crippen molar-refractivity contribution < 1.29 is 4.74 Å². The van der Waals surface area contributed by atoms with Gasteiger partial charge in [0.25, 0.3) is 0 Å². The molecule has 0 saturated heterocycles. The van der Waals surface area contributed by atoms with Crippen molar-refractivity contribution >= 4 is 0 Å². The van der Waals surface area contributed by atoms with Gasteiger partial charge in [0, 0.05) is 13.2 Å². The summed E-state index contributed by atoms with van der Waals surface area (Å²) in [7, 11) is 0. The van der Waals surface area contributed by atoms with E-state index in [1.165, 1.54) is 18.4 Å². The Hall–Kier alpha value is -0.560. The van der Waals surface area contributed by atoms with Crippen LogP contribution < -0.4 is 0 Å². The Kier molecular flexibility index (Phi) is 10.6. The van der Waals surface area contributed by atoms with Crippen LogP contribution in [0.2, 0.25) is 0 Å². The normalized spacial score (nSPS) is 12.9. The molecule has 0 unspecified atom stereocenters. The van der Waals surface area contributed by atoms with Gasteiger partial charge in [-0.05, 0) is 32.1 Å². The van der Waals surface area contributed by atoms with Crippen molar-refractivity contribution in [2.24, 2.45) is 5.92 Å². The number of hydrogen-bond donors (Lipinski definition) is 0. The second kappa shape index (κ2) is 10.9. The van der Waals surface area contributed by atoms with Crippen molar-refractivity contribution in [1.82, 2.24) is 0 Å². The van der Waals surface area contributed by atoms with Crippen LogP contribution in [0, 0.1) is 5.92 Å². The van der Waals surface area contributed by atoms with Gasteiger partial charge in [0.1, 0.15) is 0 Å². The highest BCUT2D eigenvalue weighted by atomic mass is 16.5. The lowest BCUT2D eigenvalue weighted by Gasteiger charge is -2.10. The predicted molar refractivity (Wildman–Crippen MR) is 72.7 cm³/mol. The lowest BCUT2D eigenvalue weighted by Crippen LogP contribution is -2.00. The van der Waals surface area contributed by atoms with E-state index in [0.29, 0.717) is 5.92 Å². The molecule has 0 N–H and O–H groups in total. The van der Waals surface area contributed by atoms with E-state index < -0.39 is 0 Å². The Labute approximate surface area is 102 Å². The van der Waals surface area contributed by atoms with Gasteiger partial charge >= 0.3 is 0 Å². The van der Waals surface area contributed by atoms with Crippen LogP contribution in [0.4, 0.5) is 0 Å². The first kappa shape index (κ1) is 15.4. The Morgan fingerprint density at radius 2 is 1.88 bits per heavy atom. The van der Waals surface area contributed by atoms with Crippen LogP contribution in [-0.4, -0.2) is 13.2 Å². The first-order valence-electron chi connectivity index (χ1n) is 6.61. The lowest BCUT2D eigenvalue weighted by atomic mass is 9.98. The van der Waals surface area contributed by atoms with E-state index >= 15 is 0 Å². The van der Waals surface area contributed by atoms with Gasteiger partial charge in [-0.25, -0.2) is 0 Å². The molecule has 0 rings (SSSR count). The molecule has 1 heteroatoms. The molecule has 0 atom stereocenters. The third-order valence-corrected chi connectivity index (χ3v) is 2.64. The first-order valence-corrected chi connectivity index (χ1v) is 6.61. The first-order chi connectivity index (χ1) is 7.72. The molecule has 0 heterocycles. The summed E-state index contributed by atoms with van der Waals surface area (Å²) in [6, 6.07) is 0. The average Bonchev–Trinajstić information content (AvgIpc) is 2.26. The van der Waals surface area contributed by atoms with E-state index in [0.717, 1.165) is 26.1 Å². The second-order valence-corrected chi connectivity index (χ2v) is 4.49. The van der Waals surface area contributed by atoms with E-state index in [2.05, 4.69) is 45.9 Å². The minimum atomic E-state index is 0.645. The van der Waals surface area contributed by atoms with Gasteiger partial charge in [-0.2, -0.15) is 0 Å². The highest BCUT2D eigenvalue weighted by Crippen LogP contribution is 2.16. The summed E-state index contributed by atoms with van der Waals surface area (Å²) in [6.07, 6.45) is 11.2. The SMILES string of the molecule is CC=CC=C(CCCOCCCC)C(C)C. The largest absolute Gasteiger partial charge is 0.381 e. The summed E-state index contributed by atoms with van der Waals surface area (Å²) in [6.45, 7) is 10.6. The Bertz CT molecular complexity index is 201. The number of ether oxygens (including phenoxy) is 1. The number of rotatable bonds is 9. The van der Waals surface area contributed by atoms with Crippen molar-refractivity contribution in [1.29, 1.82) is 0 Å². The molecule has 0 aromatic rings. The Balaban J connectivity index is 3.69. The third kappa shape index (κ3) is 8.72. The predicted octanol–water partition coefficient (Wildman–Crippen LogP) is 4.74. The summed E-state index contributed by atoms with van der Waals surface area (Å²) in [4.78, 5) is 0. The minimum absolute atomic E-state index is 0.645. The summed E-state index contributed by atoms with van der Waals surface area (Å²) < 4.78 is 5.56. The average molecular weight is 224 g/mol. The third-order valence-electron chi connectivity index (χ3n) is 2.64. The van der Waals surface area contributed by atoms with Crippen molar-refractivity contribution in [3.05, 3.63) is 23.8 Å². The maximum absolute atomic E-state index is 5.56. The zero-order chi connectivity index (χ0) is 12.2. The molecule has 16 heavy (non-hydrogen) atoms. The smallest absolute Gasteiger partial charge is 0.0469 e. The molecular formula is C15H28O. The van der Waals surface area contributed by atoms with Gasteiger partial charge in [-0.3, -0.25) is 0 Å². The highest BCUT2D eigenvalue weighted by Gasteiger charge is 2.01. The monoisotopic (exact) mass is 224 g/mol. The molecule has 0 aromatic heterocycles. The topological polar surface area (TPSA) is 9.23 Å². The quantitative estimate of drug-likeness (QED) is 0.406. The minimum Gasteiger partial charge on any atom is -0.381 e. The molecule has 0 aliphatic rings. The number of hydrogen-bond acceptors (Lipinski definition) is 1. The molecule has 0 amide bonds. The Morgan fingerprint density at radius 1 is 1.19 bits per heavy atom. The molecule has 94 valence electrons. The van der Waals surface area contributed by atoms with Crippen LogP contribution in [0.15, 0.2) is 23.8 Å². The van der Waals surface area contributed by atoms with Crippen molar-refractivity contribution in [3.63, 3.8) is 0 Å². The highest BCUT2D eigenvalue weighted by molar-refractivity contribution is 5.13. The molecule has 0 aliphatic heterocycles. The lowest BCUT2D eigenvalue weighted by molar-refractivity contribution is 0.129. The molecule has 0 saturated carbocycles. The van der Waals surface area contributed by atoms with Crippen LogP contribution in [0.25, 0.3) is 0 Å². The molecule has 1 nitrogen and oxygen atoms in total. The van der Waals surface area contributed by atoms with Crippen molar-refractivity contribution in [3.8, 4) is 0 Å². The molecule has 0 fully saturated rings. The van der Waals surface area contributed by atoms with Gasteiger partial charge in [-0.15, -0.1) is 0 Å². The fourth-order valence-corrected chi connectivity index (χ4v) is 1.51. The zero-order valence-corrected chi connectivity index (χ0v) is 11.5. The van der Waals surface area contributed by atoms with E-state index in [1.54, 1.807) is 0 Å². The Morgan fingerprint density at radius 3 is 2.44 bits per heavy atom. The maximum Gasteiger partial charge on any atom is 0.0469 e. The summed E-state index contributed by atoms with van der Waals surface area (Å²) >= 11 is 0. The molecule has 0 aromatic carbocycles. The number of unbranched alkanes of at least 4 members (excludes halogenated alkanes) is 1. The molecule has 0 radical (unpaired) electrons. The van der Waals surface area contributed by atoms with Gasteiger partial charge in [0.15, 0.2) is 0 Å². The fraction of sp³-hybridized carbons (Fsp3) is 0.733. The molecule has 0 bridgehead atoms. The molecular weight excluding hydrogens is 196 g/mol. The van der Waals surface area contributed by atoms with E-state index in [4.69, 9.17) is 4.74 Å². The van der Waals surface area contributed by atoms with Gasteiger partial charge in [-0.1, -0.05) is 51.0 Å². The maximum atomic E-state index is 5.56. The van der Waals surface area contributed by atoms with Gasteiger partial charge < -0.3 is 4.74 Å². The van der Waals surface area contributed by atoms with Crippen LogP contribution in [0.1, 0.15) is 53.4 Å². The van der Waals surface area contributed by atoms with E-state index in [9.17, 15) is 0 Å². The fourth-order valence-electron chi connectivity index (χ4n) is 1.51. The summed E-state index contributed by atoms with van der Waals surface area (Å²) in [5.41, 5.74) is 1.53. The van der Waals surface area contributed by atoms with Gasteiger partial charge in [0.05, 0.1) is 0 Å². The van der Waals surface area contributed by atoms with Crippen molar-refractivity contribution in [2.45, 2.75) is 53.4 Å². The van der Waals surface area contributed by atoms with E-state index in [1.807, 2.05) is 0 Å². The summed E-state index contributed by atoms with van der Waals surface area (Å²) in [5, 5.41) is 0. The molecule has 0 aliphatic carbocycles. The second-order valence-electron chi connectivity index (χ2n) is 4.49. The standard InChI is InChI=1S/C15H28O/c1-5-7-10-15(14(3)4)11-9-13-16-12-8-6-2/h5,7,10,14H,6,8-9,11-13H2,1-4H3. The van der Waals surface area contributed by atoms with Crippen LogP contribution in [0.5, 0.6) is 0 Å².